The Morgan fingerprint density at radius 1 is 1.50 bits per heavy atom. The fraction of sp³-hybridized carbons (Fsp3) is 0.800. The molecule has 14 heavy (non-hydrogen) atoms. The van der Waals surface area contributed by atoms with E-state index in [2.05, 4.69) is 22.1 Å². The molecule has 1 heterocycles. The molecule has 0 aromatic carbocycles. The number of nitrogens with zero attached hydrogens (tertiary/aromatic N) is 2. The molecule has 0 bridgehead atoms. The third-order valence-electron chi connectivity index (χ3n) is 3.00. The van der Waals surface area contributed by atoms with Crippen molar-refractivity contribution < 1.29 is 5.11 Å². The van der Waals surface area contributed by atoms with Gasteiger partial charge >= 0.3 is 0 Å². The van der Waals surface area contributed by atoms with Crippen molar-refractivity contribution >= 4 is 0 Å². The summed E-state index contributed by atoms with van der Waals surface area (Å²) < 4.78 is 0. The van der Waals surface area contributed by atoms with Gasteiger partial charge in [-0.25, -0.2) is 4.98 Å². The second-order valence-corrected chi connectivity index (χ2v) is 4.27. The van der Waals surface area contributed by atoms with E-state index in [9.17, 15) is 0 Å². The lowest BCUT2D eigenvalue weighted by atomic mass is 9.82. The number of aromatic nitrogens is 3. The molecule has 4 heteroatoms. The van der Waals surface area contributed by atoms with E-state index in [4.69, 9.17) is 5.11 Å². The summed E-state index contributed by atoms with van der Waals surface area (Å²) in [5, 5.41) is 15.8. The van der Waals surface area contributed by atoms with Crippen molar-refractivity contribution in [3.05, 3.63) is 11.6 Å². The molecular weight excluding hydrogens is 178 g/mol. The Morgan fingerprint density at radius 2 is 2.36 bits per heavy atom. The highest BCUT2D eigenvalue weighted by Crippen LogP contribution is 2.34. The Balaban J connectivity index is 2.06. The number of hydrogen-bond donors (Lipinski definition) is 2. The summed E-state index contributed by atoms with van der Waals surface area (Å²) in [6, 6.07) is 0. The van der Waals surface area contributed by atoms with Crippen LogP contribution in [0.2, 0.25) is 0 Å². The minimum Gasteiger partial charge on any atom is -0.388 e. The van der Waals surface area contributed by atoms with Gasteiger partial charge in [-0.1, -0.05) is 19.8 Å². The lowest BCUT2D eigenvalue weighted by Gasteiger charge is -2.24. The maximum atomic E-state index is 8.87. The van der Waals surface area contributed by atoms with E-state index < -0.39 is 0 Å². The summed E-state index contributed by atoms with van der Waals surface area (Å²) in [6.07, 6.45) is 4.97. The Labute approximate surface area is 83.8 Å². The van der Waals surface area contributed by atoms with Gasteiger partial charge in [-0.3, -0.25) is 5.10 Å². The lowest BCUT2D eigenvalue weighted by molar-refractivity contribution is 0.271. The van der Waals surface area contributed by atoms with Crippen LogP contribution in [0.1, 0.15) is 50.2 Å². The quantitative estimate of drug-likeness (QED) is 0.753. The SMILES string of the molecule is CC1CCCC(c2n[nH]c(CO)n2)C1. The van der Waals surface area contributed by atoms with Crippen LogP contribution < -0.4 is 0 Å². The van der Waals surface area contributed by atoms with Gasteiger partial charge in [0.1, 0.15) is 12.4 Å². The van der Waals surface area contributed by atoms with E-state index in [1.54, 1.807) is 0 Å². The van der Waals surface area contributed by atoms with Crippen molar-refractivity contribution in [2.45, 2.75) is 45.1 Å². The second-order valence-electron chi connectivity index (χ2n) is 4.27. The van der Waals surface area contributed by atoms with Crippen LogP contribution in [-0.2, 0) is 6.61 Å². The van der Waals surface area contributed by atoms with Gasteiger partial charge < -0.3 is 5.11 Å². The predicted molar refractivity (Wildman–Crippen MR) is 52.7 cm³/mol. The van der Waals surface area contributed by atoms with E-state index in [1.165, 1.54) is 25.7 Å². The molecule has 2 atom stereocenters. The number of aliphatic hydroxyl groups is 1. The number of aromatic amines is 1. The Kier molecular flexibility index (Phi) is 2.82. The van der Waals surface area contributed by atoms with E-state index in [0.717, 1.165) is 11.7 Å². The summed E-state index contributed by atoms with van der Waals surface area (Å²) in [4.78, 5) is 4.27. The molecule has 2 N–H and O–H groups in total. The molecule has 78 valence electrons. The van der Waals surface area contributed by atoms with Gasteiger partial charge in [-0.15, -0.1) is 0 Å². The number of rotatable bonds is 2. The summed E-state index contributed by atoms with van der Waals surface area (Å²) >= 11 is 0. The highest BCUT2D eigenvalue weighted by molar-refractivity contribution is 4.99. The first-order valence-electron chi connectivity index (χ1n) is 5.31. The minimum absolute atomic E-state index is 0.0464. The average Bonchev–Trinajstić information content (AvgIpc) is 2.66. The van der Waals surface area contributed by atoms with Crippen LogP contribution >= 0.6 is 0 Å². The smallest absolute Gasteiger partial charge is 0.153 e. The Morgan fingerprint density at radius 3 is 3.00 bits per heavy atom. The fourth-order valence-electron chi connectivity index (χ4n) is 2.23. The molecule has 2 rings (SSSR count). The summed E-state index contributed by atoms with van der Waals surface area (Å²) in [5.74, 6) is 2.75. The largest absolute Gasteiger partial charge is 0.388 e. The van der Waals surface area contributed by atoms with Gasteiger partial charge in [0.15, 0.2) is 5.82 Å². The first kappa shape index (κ1) is 9.65. The average molecular weight is 195 g/mol. The zero-order valence-electron chi connectivity index (χ0n) is 8.53. The molecule has 0 amide bonds. The van der Waals surface area contributed by atoms with Gasteiger partial charge in [0.05, 0.1) is 0 Å². The highest BCUT2D eigenvalue weighted by Gasteiger charge is 2.23. The molecule has 1 aliphatic rings. The summed E-state index contributed by atoms with van der Waals surface area (Å²) in [5.41, 5.74) is 0. The first-order chi connectivity index (χ1) is 6.79. The second kappa shape index (κ2) is 4.09. The molecule has 1 aromatic rings. The predicted octanol–water partition coefficient (Wildman–Crippen LogP) is 1.59. The monoisotopic (exact) mass is 195 g/mol. The van der Waals surface area contributed by atoms with Crippen LogP contribution in [0.15, 0.2) is 0 Å². The van der Waals surface area contributed by atoms with E-state index >= 15 is 0 Å². The van der Waals surface area contributed by atoms with E-state index in [0.29, 0.717) is 11.7 Å². The number of aliphatic hydroxyl groups excluding tert-OH is 1. The van der Waals surface area contributed by atoms with Crippen molar-refractivity contribution in [1.29, 1.82) is 0 Å². The van der Waals surface area contributed by atoms with Gasteiger partial charge in [0, 0.05) is 5.92 Å². The molecule has 0 spiro atoms. The molecule has 1 fully saturated rings. The standard InChI is InChI=1S/C10H17N3O/c1-7-3-2-4-8(5-7)10-11-9(6-14)12-13-10/h7-8,14H,2-6H2,1H3,(H,11,12,13). The minimum atomic E-state index is -0.0464. The number of nitrogens with one attached hydrogen (secondary N) is 1. The first-order valence-corrected chi connectivity index (χ1v) is 5.31. The maximum absolute atomic E-state index is 8.87. The molecule has 0 aliphatic heterocycles. The number of hydrogen-bond acceptors (Lipinski definition) is 3. The van der Waals surface area contributed by atoms with E-state index in [-0.39, 0.29) is 6.61 Å². The van der Waals surface area contributed by atoms with E-state index in [1.807, 2.05) is 0 Å². The molecule has 2 unspecified atom stereocenters. The summed E-state index contributed by atoms with van der Waals surface area (Å²) in [6.45, 7) is 2.24. The fourth-order valence-corrected chi connectivity index (χ4v) is 2.23. The third kappa shape index (κ3) is 1.95. The zero-order chi connectivity index (χ0) is 9.97. The molecule has 1 aromatic heterocycles. The summed E-state index contributed by atoms with van der Waals surface area (Å²) in [7, 11) is 0. The van der Waals surface area contributed by atoms with Gasteiger partial charge in [0.25, 0.3) is 0 Å². The van der Waals surface area contributed by atoms with Crippen molar-refractivity contribution in [3.8, 4) is 0 Å². The molecule has 1 saturated carbocycles. The van der Waals surface area contributed by atoms with Crippen LogP contribution in [0.5, 0.6) is 0 Å². The number of H-pyrrole nitrogens is 1. The molecule has 1 aliphatic carbocycles. The van der Waals surface area contributed by atoms with Crippen LogP contribution in [-0.4, -0.2) is 20.3 Å². The Bertz CT molecular complexity index is 297. The normalized spacial score (nSPS) is 27.9. The zero-order valence-corrected chi connectivity index (χ0v) is 8.53. The van der Waals surface area contributed by atoms with Crippen molar-refractivity contribution in [1.82, 2.24) is 15.2 Å². The Hall–Kier alpha value is -0.900. The van der Waals surface area contributed by atoms with Crippen LogP contribution in [0.25, 0.3) is 0 Å². The molecule has 0 saturated heterocycles. The van der Waals surface area contributed by atoms with Crippen LogP contribution in [0, 0.1) is 5.92 Å². The van der Waals surface area contributed by atoms with Crippen molar-refractivity contribution in [2.75, 3.05) is 0 Å². The van der Waals surface area contributed by atoms with Gasteiger partial charge in [0.2, 0.25) is 0 Å². The molecular formula is C10H17N3O. The van der Waals surface area contributed by atoms with Gasteiger partial charge in [-0.05, 0) is 18.8 Å². The maximum Gasteiger partial charge on any atom is 0.153 e. The van der Waals surface area contributed by atoms with Crippen molar-refractivity contribution in [2.24, 2.45) is 5.92 Å². The van der Waals surface area contributed by atoms with Crippen LogP contribution in [0.4, 0.5) is 0 Å². The third-order valence-corrected chi connectivity index (χ3v) is 3.00. The topological polar surface area (TPSA) is 61.8 Å². The lowest BCUT2D eigenvalue weighted by Crippen LogP contribution is -2.12. The molecule has 4 nitrogen and oxygen atoms in total. The van der Waals surface area contributed by atoms with Crippen LogP contribution in [0.3, 0.4) is 0 Å². The van der Waals surface area contributed by atoms with Gasteiger partial charge in [-0.2, -0.15) is 5.10 Å². The molecule has 0 radical (unpaired) electrons. The highest BCUT2D eigenvalue weighted by atomic mass is 16.3. The van der Waals surface area contributed by atoms with Crippen molar-refractivity contribution in [3.63, 3.8) is 0 Å².